The summed E-state index contributed by atoms with van der Waals surface area (Å²) in [4.78, 5) is 12.2. The van der Waals surface area contributed by atoms with Gasteiger partial charge < -0.3 is 10.6 Å². The molecule has 1 amide bonds. The maximum absolute atomic E-state index is 12.2. The molecule has 0 bridgehead atoms. The summed E-state index contributed by atoms with van der Waals surface area (Å²) in [5.74, 6) is 0.737. The molecule has 0 radical (unpaired) electrons. The Kier molecular flexibility index (Phi) is 3.64. The zero-order chi connectivity index (χ0) is 14.8. The number of nitrogens with zero attached hydrogens (tertiary/aromatic N) is 2. The molecule has 1 unspecified atom stereocenters. The lowest BCUT2D eigenvalue weighted by atomic mass is 10.0. The molecule has 2 heterocycles. The molecule has 1 atom stereocenters. The minimum Gasteiger partial charge on any atom is -0.369 e. The van der Waals surface area contributed by atoms with E-state index in [2.05, 4.69) is 27.9 Å². The molecule has 2 N–H and O–H groups in total. The van der Waals surface area contributed by atoms with E-state index < -0.39 is 0 Å². The summed E-state index contributed by atoms with van der Waals surface area (Å²) < 4.78 is 1.92. The molecule has 21 heavy (non-hydrogen) atoms. The normalized spacial score (nSPS) is 17.2. The smallest absolute Gasteiger partial charge is 0.256 e. The number of hydrogen-bond donors (Lipinski definition) is 2. The van der Waals surface area contributed by atoms with Crippen molar-refractivity contribution in [1.82, 2.24) is 15.1 Å². The van der Waals surface area contributed by atoms with Crippen molar-refractivity contribution in [3.63, 3.8) is 0 Å². The van der Waals surface area contributed by atoms with Crippen molar-refractivity contribution in [3.05, 3.63) is 47.7 Å². The first-order chi connectivity index (χ1) is 10.2. The van der Waals surface area contributed by atoms with Crippen molar-refractivity contribution in [2.45, 2.75) is 32.4 Å². The molecule has 0 spiro atoms. The molecule has 1 aliphatic heterocycles. The highest BCUT2D eigenvalue weighted by Gasteiger charge is 2.26. The number of anilines is 1. The van der Waals surface area contributed by atoms with Crippen LogP contribution in [-0.4, -0.2) is 28.3 Å². The minimum atomic E-state index is -0.0764. The monoisotopic (exact) mass is 284 g/mol. The molecule has 1 aliphatic rings. The van der Waals surface area contributed by atoms with Gasteiger partial charge in [0.1, 0.15) is 11.4 Å². The number of aromatic nitrogens is 2. The lowest BCUT2D eigenvalue weighted by Gasteiger charge is -2.26. The van der Waals surface area contributed by atoms with Crippen LogP contribution in [0.5, 0.6) is 0 Å². The first kappa shape index (κ1) is 13.7. The van der Waals surface area contributed by atoms with Crippen LogP contribution in [-0.2, 0) is 0 Å². The van der Waals surface area contributed by atoms with Crippen LogP contribution < -0.4 is 10.6 Å². The zero-order valence-electron chi connectivity index (χ0n) is 12.3. The maximum atomic E-state index is 12.2. The van der Waals surface area contributed by atoms with Crippen molar-refractivity contribution in [2.75, 3.05) is 11.9 Å². The average Bonchev–Trinajstić information content (AvgIpc) is 2.91. The molecule has 110 valence electrons. The Hall–Kier alpha value is -2.30. The van der Waals surface area contributed by atoms with Gasteiger partial charge in [-0.15, -0.1) is 0 Å². The molecule has 3 rings (SSSR count). The number of nitrogens with one attached hydrogen (secondary N) is 2. The number of rotatable bonds is 3. The van der Waals surface area contributed by atoms with Gasteiger partial charge in [0.2, 0.25) is 0 Å². The summed E-state index contributed by atoms with van der Waals surface area (Å²) in [6.07, 6.45) is 2.62. The van der Waals surface area contributed by atoms with Gasteiger partial charge in [0, 0.05) is 12.6 Å². The van der Waals surface area contributed by atoms with Crippen LogP contribution in [0.25, 0.3) is 0 Å². The average molecular weight is 284 g/mol. The number of amides is 1. The van der Waals surface area contributed by atoms with Crippen LogP contribution in [0.3, 0.4) is 0 Å². The highest BCUT2D eigenvalue weighted by molar-refractivity contribution is 5.99. The van der Waals surface area contributed by atoms with Crippen LogP contribution >= 0.6 is 0 Å². The third-order valence-electron chi connectivity index (χ3n) is 3.65. The molecule has 5 heteroatoms. The van der Waals surface area contributed by atoms with E-state index in [9.17, 15) is 4.79 Å². The van der Waals surface area contributed by atoms with E-state index in [-0.39, 0.29) is 18.0 Å². The fourth-order valence-corrected chi connectivity index (χ4v) is 2.71. The van der Waals surface area contributed by atoms with Gasteiger partial charge in [-0.2, -0.15) is 5.10 Å². The zero-order valence-corrected chi connectivity index (χ0v) is 12.3. The van der Waals surface area contributed by atoms with E-state index in [1.165, 1.54) is 5.56 Å². The van der Waals surface area contributed by atoms with Gasteiger partial charge in [0.25, 0.3) is 5.91 Å². The summed E-state index contributed by atoms with van der Waals surface area (Å²) in [5, 5.41) is 10.7. The maximum Gasteiger partial charge on any atom is 0.256 e. The van der Waals surface area contributed by atoms with E-state index in [4.69, 9.17) is 0 Å². The van der Waals surface area contributed by atoms with Crippen LogP contribution in [0, 0.1) is 0 Å². The van der Waals surface area contributed by atoms with Crippen LogP contribution in [0.4, 0.5) is 5.82 Å². The summed E-state index contributed by atoms with van der Waals surface area (Å²) in [5.41, 5.74) is 1.84. The van der Waals surface area contributed by atoms with Crippen LogP contribution in [0.1, 0.15) is 42.2 Å². The first-order valence-corrected chi connectivity index (χ1v) is 7.34. The predicted octanol–water partition coefficient (Wildman–Crippen LogP) is 2.43. The molecule has 0 fully saturated rings. The van der Waals surface area contributed by atoms with Gasteiger partial charge in [0.15, 0.2) is 0 Å². The second kappa shape index (κ2) is 5.60. The second-order valence-electron chi connectivity index (χ2n) is 5.62. The fraction of sp³-hybridized carbons (Fsp3) is 0.375. The Morgan fingerprint density at radius 3 is 2.86 bits per heavy atom. The number of carbonyl (C=O) groups excluding carboxylic acids is 1. The largest absolute Gasteiger partial charge is 0.369 e. The fourth-order valence-electron chi connectivity index (χ4n) is 2.71. The molecule has 0 aliphatic carbocycles. The first-order valence-electron chi connectivity index (χ1n) is 7.34. The van der Waals surface area contributed by atoms with Gasteiger partial charge in [-0.1, -0.05) is 30.3 Å². The number of hydrogen-bond acceptors (Lipinski definition) is 3. The van der Waals surface area contributed by atoms with Gasteiger partial charge in [0.05, 0.1) is 12.2 Å². The lowest BCUT2D eigenvalue weighted by molar-refractivity contribution is 0.0944. The number of fused-ring (bicyclic) bond motifs is 1. The third-order valence-corrected chi connectivity index (χ3v) is 3.65. The molecule has 1 aromatic heterocycles. The van der Waals surface area contributed by atoms with Crippen molar-refractivity contribution in [1.29, 1.82) is 0 Å². The number of carbonyl (C=O) groups is 1. The Labute approximate surface area is 124 Å². The van der Waals surface area contributed by atoms with Crippen molar-refractivity contribution in [2.24, 2.45) is 0 Å². The van der Waals surface area contributed by atoms with E-state index in [1.807, 2.05) is 36.7 Å². The molecule has 5 nitrogen and oxygen atoms in total. The number of benzene rings is 1. The Morgan fingerprint density at radius 2 is 2.14 bits per heavy atom. The van der Waals surface area contributed by atoms with E-state index >= 15 is 0 Å². The molecular formula is C16H20N4O. The molecule has 2 aromatic rings. The van der Waals surface area contributed by atoms with E-state index in [1.54, 1.807) is 6.20 Å². The van der Waals surface area contributed by atoms with Gasteiger partial charge in [-0.05, 0) is 25.8 Å². The van der Waals surface area contributed by atoms with Crippen LogP contribution in [0.2, 0.25) is 0 Å². The van der Waals surface area contributed by atoms with Gasteiger partial charge in [-0.25, -0.2) is 4.68 Å². The molecule has 0 saturated carbocycles. The van der Waals surface area contributed by atoms with Crippen LogP contribution in [0.15, 0.2) is 36.5 Å². The topological polar surface area (TPSA) is 59.0 Å². The molecule has 0 saturated heterocycles. The second-order valence-corrected chi connectivity index (χ2v) is 5.62. The standard InChI is InChI=1S/C16H20N4O/c1-11(2)19-16(21)13-10-18-20-14(8-9-17-15(13)20)12-6-4-3-5-7-12/h3-7,10-11,14,17H,8-9H2,1-2H3,(H,19,21). The van der Waals surface area contributed by atoms with Crippen molar-refractivity contribution >= 4 is 11.7 Å². The van der Waals surface area contributed by atoms with Gasteiger partial charge in [-0.3, -0.25) is 4.79 Å². The predicted molar refractivity (Wildman–Crippen MR) is 82.5 cm³/mol. The SMILES string of the molecule is CC(C)NC(=O)c1cnn2c1NCCC2c1ccccc1. The summed E-state index contributed by atoms with van der Waals surface area (Å²) in [7, 11) is 0. The van der Waals surface area contributed by atoms with Crippen molar-refractivity contribution < 1.29 is 4.79 Å². The molecule has 1 aromatic carbocycles. The van der Waals surface area contributed by atoms with E-state index in [0.29, 0.717) is 5.56 Å². The summed E-state index contributed by atoms with van der Waals surface area (Å²) in [6.45, 7) is 4.75. The summed E-state index contributed by atoms with van der Waals surface area (Å²) >= 11 is 0. The minimum absolute atomic E-state index is 0.0764. The Bertz CT molecular complexity index is 633. The summed E-state index contributed by atoms with van der Waals surface area (Å²) in [6, 6.07) is 10.6. The van der Waals surface area contributed by atoms with Gasteiger partial charge >= 0.3 is 0 Å². The third kappa shape index (κ3) is 2.63. The van der Waals surface area contributed by atoms with E-state index in [0.717, 1.165) is 18.8 Å². The highest BCUT2D eigenvalue weighted by Crippen LogP contribution is 2.31. The van der Waals surface area contributed by atoms with Crippen molar-refractivity contribution in [3.8, 4) is 0 Å². The highest BCUT2D eigenvalue weighted by atomic mass is 16.1. The Morgan fingerprint density at radius 1 is 1.38 bits per heavy atom. The molecular weight excluding hydrogens is 264 g/mol. The quantitative estimate of drug-likeness (QED) is 0.910. The lowest BCUT2D eigenvalue weighted by Crippen LogP contribution is -2.31. The Balaban J connectivity index is 1.94.